The lowest BCUT2D eigenvalue weighted by Crippen LogP contribution is -1.95. The van der Waals surface area contributed by atoms with Crippen LogP contribution in [0.5, 0.6) is 0 Å². The zero-order valence-electron chi connectivity index (χ0n) is 20.8. The maximum atomic E-state index is 5.14. The molecule has 0 heterocycles. The van der Waals surface area contributed by atoms with E-state index in [1.165, 1.54) is 77.0 Å². The summed E-state index contributed by atoms with van der Waals surface area (Å²) in [6, 6.07) is 0. The second-order valence-corrected chi connectivity index (χ2v) is 5.26. The largest absolute Gasteiger partial charge is 0.330 e. The van der Waals surface area contributed by atoms with Gasteiger partial charge in [0.15, 0.2) is 0 Å². The fourth-order valence-electron chi connectivity index (χ4n) is 1.56. The molecule has 0 aliphatic carbocycles. The molecule has 0 fully saturated rings. The van der Waals surface area contributed by atoms with Crippen LogP contribution in [0.25, 0.3) is 0 Å². The van der Waals surface area contributed by atoms with Crippen LogP contribution >= 0.6 is 0 Å². The first kappa shape index (κ1) is 39.9. The Labute approximate surface area is 166 Å². The second-order valence-electron chi connectivity index (χ2n) is 5.26. The zero-order chi connectivity index (χ0) is 21.2. The van der Waals surface area contributed by atoms with Gasteiger partial charge in [-0.2, -0.15) is 0 Å². The standard InChI is InChI=1S/2C7H16.C4H11N.3C2H6/c2*1-3-5-7-6-4-2;1-2-3-4-5;3*1-2/h2*3-7H2,1-2H3;2-5H2,1H3;3*1-2H3. The van der Waals surface area contributed by atoms with Crippen LogP contribution in [-0.4, -0.2) is 6.54 Å². The first-order chi connectivity index (χ1) is 12.2. The highest BCUT2D eigenvalue weighted by Crippen LogP contribution is 2.00. The predicted molar refractivity (Wildman–Crippen MR) is 127 cm³/mol. The molecule has 2 N–H and O–H groups in total. The van der Waals surface area contributed by atoms with Crippen LogP contribution < -0.4 is 5.73 Å². The average molecular weight is 364 g/mol. The van der Waals surface area contributed by atoms with Crippen molar-refractivity contribution in [2.24, 2.45) is 5.73 Å². The molecule has 0 rings (SSSR count). The van der Waals surface area contributed by atoms with Gasteiger partial charge in [-0.1, -0.05) is 147 Å². The van der Waals surface area contributed by atoms with Crippen molar-refractivity contribution < 1.29 is 0 Å². The Morgan fingerprint density at radius 2 is 0.560 bits per heavy atom. The van der Waals surface area contributed by atoms with Crippen molar-refractivity contribution in [3.05, 3.63) is 0 Å². The third kappa shape index (κ3) is 116. The SMILES string of the molecule is CC.CC.CC.CCCCCCC.CCCCCCC.CCCCN. The molecule has 0 bridgehead atoms. The van der Waals surface area contributed by atoms with Gasteiger partial charge in [-0.15, -0.1) is 0 Å². The van der Waals surface area contributed by atoms with Gasteiger partial charge in [0.25, 0.3) is 0 Å². The lowest BCUT2D eigenvalue weighted by atomic mass is 10.2. The van der Waals surface area contributed by atoms with Crippen molar-refractivity contribution in [3.63, 3.8) is 0 Å². The molecular weight excluding hydrogens is 302 g/mol. The van der Waals surface area contributed by atoms with Crippen molar-refractivity contribution in [3.8, 4) is 0 Å². The monoisotopic (exact) mass is 363 g/mol. The van der Waals surface area contributed by atoms with E-state index in [1.807, 2.05) is 41.5 Å². The minimum Gasteiger partial charge on any atom is -0.330 e. The molecular formula is C24H61N. The van der Waals surface area contributed by atoms with Gasteiger partial charge in [-0.25, -0.2) is 0 Å². The Hall–Kier alpha value is -0.0400. The van der Waals surface area contributed by atoms with Crippen LogP contribution in [0.4, 0.5) is 0 Å². The molecule has 0 aliphatic rings. The Bertz CT molecular complexity index is 82.3. The van der Waals surface area contributed by atoms with Crippen molar-refractivity contribution >= 4 is 0 Å². The molecule has 1 heteroatoms. The summed E-state index contributed by atoms with van der Waals surface area (Å²) >= 11 is 0. The number of rotatable bonds is 10. The molecule has 0 aromatic heterocycles. The quantitative estimate of drug-likeness (QED) is 0.384. The summed E-state index contributed by atoms with van der Waals surface area (Å²) in [7, 11) is 0. The van der Waals surface area contributed by atoms with E-state index in [1.54, 1.807) is 0 Å². The van der Waals surface area contributed by atoms with E-state index in [4.69, 9.17) is 5.73 Å². The van der Waals surface area contributed by atoms with Crippen LogP contribution in [0.15, 0.2) is 0 Å². The zero-order valence-corrected chi connectivity index (χ0v) is 20.8. The van der Waals surface area contributed by atoms with Crippen molar-refractivity contribution in [1.29, 1.82) is 0 Å². The minimum absolute atomic E-state index is 0.844. The van der Waals surface area contributed by atoms with E-state index < -0.39 is 0 Å². The third-order valence-corrected chi connectivity index (χ3v) is 2.97. The summed E-state index contributed by atoms with van der Waals surface area (Å²) in [5, 5.41) is 0. The Morgan fingerprint density at radius 1 is 0.360 bits per heavy atom. The third-order valence-electron chi connectivity index (χ3n) is 2.97. The molecule has 0 unspecified atom stereocenters. The lowest BCUT2D eigenvalue weighted by Gasteiger charge is -1.90. The molecule has 0 saturated heterocycles. The van der Waals surface area contributed by atoms with Gasteiger partial charge in [0.1, 0.15) is 0 Å². The Morgan fingerprint density at radius 3 is 0.640 bits per heavy atom. The van der Waals surface area contributed by atoms with Crippen LogP contribution in [-0.2, 0) is 0 Å². The van der Waals surface area contributed by atoms with Gasteiger partial charge in [0, 0.05) is 0 Å². The molecule has 0 aromatic carbocycles. The van der Waals surface area contributed by atoms with E-state index >= 15 is 0 Å². The van der Waals surface area contributed by atoms with Crippen LogP contribution in [0.3, 0.4) is 0 Å². The highest BCUT2D eigenvalue weighted by molar-refractivity contribution is 4.36. The van der Waals surface area contributed by atoms with Crippen molar-refractivity contribution in [2.75, 3.05) is 6.54 Å². The van der Waals surface area contributed by atoms with E-state index in [-0.39, 0.29) is 0 Å². The summed E-state index contributed by atoms with van der Waals surface area (Å²) in [6.45, 7) is 24.0. The maximum Gasteiger partial charge on any atom is -0.00774 e. The van der Waals surface area contributed by atoms with Gasteiger partial charge < -0.3 is 5.73 Å². The summed E-state index contributed by atoms with van der Waals surface area (Å²) in [6.07, 6.45) is 16.4. The number of hydrogen-bond donors (Lipinski definition) is 1. The topological polar surface area (TPSA) is 26.0 Å². The molecule has 0 saturated carbocycles. The van der Waals surface area contributed by atoms with E-state index in [9.17, 15) is 0 Å². The van der Waals surface area contributed by atoms with Gasteiger partial charge in [-0.05, 0) is 13.0 Å². The van der Waals surface area contributed by atoms with Crippen LogP contribution in [0, 0.1) is 0 Å². The minimum atomic E-state index is 0.844. The van der Waals surface area contributed by atoms with Crippen molar-refractivity contribution in [2.45, 2.75) is 153 Å². The highest BCUT2D eigenvalue weighted by Gasteiger charge is 1.80. The average Bonchev–Trinajstić information content (AvgIpc) is 2.69. The molecule has 25 heavy (non-hydrogen) atoms. The number of hydrogen-bond acceptors (Lipinski definition) is 1. The molecule has 0 amide bonds. The summed E-state index contributed by atoms with van der Waals surface area (Å²) < 4.78 is 0. The van der Waals surface area contributed by atoms with E-state index in [0.29, 0.717) is 0 Å². The number of unbranched alkanes of at least 4 members (excludes halogenated alkanes) is 9. The summed E-state index contributed by atoms with van der Waals surface area (Å²) in [4.78, 5) is 0. The Balaban J connectivity index is -0.0000000474. The first-order valence-electron chi connectivity index (χ1n) is 11.9. The van der Waals surface area contributed by atoms with Gasteiger partial charge in [-0.3, -0.25) is 0 Å². The molecule has 0 atom stereocenters. The normalized spacial score (nSPS) is 7.68. The molecule has 0 aliphatic heterocycles. The van der Waals surface area contributed by atoms with Gasteiger partial charge in [0.05, 0.1) is 0 Å². The predicted octanol–water partition coefficient (Wildman–Crippen LogP) is 9.78. The first-order valence-corrected chi connectivity index (χ1v) is 11.9. The van der Waals surface area contributed by atoms with Crippen molar-refractivity contribution in [1.82, 2.24) is 0 Å². The fraction of sp³-hybridized carbons (Fsp3) is 1.00. The van der Waals surface area contributed by atoms with Gasteiger partial charge in [0.2, 0.25) is 0 Å². The van der Waals surface area contributed by atoms with Crippen LogP contribution in [0.1, 0.15) is 153 Å². The number of nitrogens with two attached hydrogens (primary N) is 1. The lowest BCUT2D eigenvalue weighted by molar-refractivity contribution is 0.656. The molecule has 0 radical (unpaired) electrons. The highest BCUT2D eigenvalue weighted by atomic mass is 14.5. The summed E-state index contributed by atoms with van der Waals surface area (Å²) in [5.74, 6) is 0. The molecule has 1 nitrogen and oxygen atoms in total. The molecule has 0 spiro atoms. The van der Waals surface area contributed by atoms with E-state index in [2.05, 4.69) is 34.6 Å². The smallest absolute Gasteiger partial charge is 0.00774 e. The maximum absolute atomic E-state index is 5.14. The van der Waals surface area contributed by atoms with Gasteiger partial charge >= 0.3 is 0 Å². The van der Waals surface area contributed by atoms with E-state index in [0.717, 1.165) is 6.54 Å². The van der Waals surface area contributed by atoms with Crippen LogP contribution in [0.2, 0.25) is 0 Å². The fourth-order valence-corrected chi connectivity index (χ4v) is 1.56. The second kappa shape index (κ2) is 75.2. The Kier molecular flexibility index (Phi) is 120. The molecule has 0 aromatic rings. The molecule has 162 valence electrons. The summed E-state index contributed by atoms with van der Waals surface area (Å²) in [5.41, 5.74) is 5.14.